The van der Waals surface area contributed by atoms with E-state index in [4.69, 9.17) is 5.73 Å². The van der Waals surface area contributed by atoms with Crippen LogP contribution in [-0.2, 0) is 6.42 Å². The lowest BCUT2D eigenvalue weighted by Crippen LogP contribution is -2.07. The molecule has 2 aromatic carbocycles. The molecule has 0 aromatic heterocycles. The molecule has 14 heavy (non-hydrogen) atoms. The summed E-state index contributed by atoms with van der Waals surface area (Å²) in [6, 6.07) is 13.0. The van der Waals surface area contributed by atoms with E-state index < -0.39 is 0 Å². The summed E-state index contributed by atoms with van der Waals surface area (Å²) in [5, 5.41) is 2.71. The molecular weight excluding hydrogens is 238 g/mol. The normalized spacial score (nSPS) is 18.2. The van der Waals surface area contributed by atoms with Gasteiger partial charge in [-0.3, -0.25) is 0 Å². The Hall–Kier alpha value is -0.860. The molecule has 0 radical (unpaired) electrons. The van der Waals surface area contributed by atoms with Gasteiger partial charge in [0, 0.05) is 6.04 Å². The Morgan fingerprint density at radius 2 is 1.79 bits per heavy atom. The number of halogens is 1. The fraction of sp³-hybridized carbons (Fsp3) is 0.167. The Morgan fingerprint density at radius 1 is 1.07 bits per heavy atom. The number of benzene rings is 2. The molecule has 0 spiro atoms. The molecule has 0 saturated heterocycles. The third kappa shape index (κ3) is 1.18. The van der Waals surface area contributed by atoms with Crippen LogP contribution in [0.5, 0.6) is 0 Å². The monoisotopic (exact) mass is 249 g/mol. The molecule has 0 bridgehead atoms. The Balaban J connectivity index is 0.000000750. The maximum absolute atomic E-state index is 6.04. The lowest BCUT2D eigenvalue weighted by molar-refractivity contribution is 0.757. The molecule has 0 fully saturated rings. The lowest BCUT2D eigenvalue weighted by Gasteiger charge is -2.02. The largest absolute Gasteiger partial charge is 0.324 e. The summed E-state index contributed by atoms with van der Waals surface area (Å²) < 4.78 is 0. The highest BCUT2D eigenvalue weighted by Crippen LogP contribution is 2.35. The van der Waals surface area contributed by atoms with Gasteiger partial charge < -0.3 is 5.73 Å². The third-order valence-corrected chi connectivity index (χ3v) is 2.86. The first kappa shape index (κ1) is 9.69. The molecule has 1 atom stereocenters. The van der Waals surface area contributed by atoms with E-state index in [2.05, 4.69) is 36.4 Å². The predicted molar refractivity (Wildman–Crippen MR) is 64.9 cm³/mol. The smallest absolute Gasteiger partial charge is 0.0342 e. The van der Waals surface area contributed by atoms with E-state index in [0.29, 0.717) is 0 Å². The molecule has 1 aliphatic rings. The summed E-state index contributed by atoms with van der Waals surface area (Å²) in [6.45, 7) is 0. The first-order chi connectivity index (χ1) is 6.36. The van der Waals surface area contributed by atoms with Crippen LogP contribution >= 0.6 is 17.0 Å². The van der Waals surface area contributed by atoms with Crippen LogP contribution < -0.4 is 5.73 Å². The van der Waals surface area contributed by atoms with E-state index in [9.17, 15) is 0 Å². The zero-order valence-electron chi connectivity index (χ0n) is 7.73. The van der Waals surface area contributed by atoms with Crippen molar-refractivity contribution in [2.24, 2.45) is 5.73 Å². The van der Waals surface area contributed by atoms with Gasteiger partial charge in [-0.05, 0) is 28.3 Å². The molecular formula is C12H12BrN. The van der Waals surface area contributed by atoms with E-state index in [-0.39, 0.29) is 23.0 Å². The molecule has 1 nitrogen and oxygen atoms in total. The van der Waals surface area contributed by atoms with Crippen LogP contribution in [0.2, 0.25) is 0 Å². The van der Waals surface area contributed by atoms with Gasteiger partial charge >= 0.3 is 0 Å². The van der Waals surface area contributed by atoms with Gasteiger partial charge in [-0.1, -0.05) is 36.4 Å². The molecule has 3 rings (SSSR count). The topological polar surface area (TPSA) is 26.0 Å². The minimum absolute atomic E-state index is 0. The van der Waals surface area contributed by atoms with Crippen molar-refractivity contribution in [1.82, 2.24) is 0 Å². The van der Waals surface area contributed by atoms with Gasteiger partial charge in [0.15, 0.2) is 0 Å². The SMILES string of the molecule is Br.NC1Cc2cccc3cccc1c23. The molecule has 1 aliphatic carbocycles. The fourth-order valence-electron chi connectivity index (χ4n) is 2.28. The first-order valence-electron chi connectivity index (χ1n) is 4.62. The molecule has 72 valence electrons. The Kier molecular flexibility index (Phi) is 2.33. The summed E-state index contributed by atoms with van der Waals surface area (Å²) in [5.41, 5.74) is 8.76. The minimum Gasteiger partial charge on any atom is -0.324 e. The second-order valence-corrected chi connectivity index (χ2v) is 3.67. The van der Waals surface area contributed by atoms with Crippen LogP contribution in [0.4, 0.5) is 0 Å². The van der Waals surface area contributed by atoms with Gasteiger partial charge in [0.25, 0.3) is 0 Å². The van der Waals surface area contributed by atoms with Crippen molar-refractivity contribution in [3.05, 3.63) is 47.5 Å². The molecule has 2 N–H and O–H groups in total. The maximum Gasteiger partial charge on any atom is 0.0342 e. The highest BCUT2D eigenvalue weighted by atomic mass is 79.9. The van der Waals surface area contributed by atoms with E-state index >= 15 is 0 Å². The van der Waals surface area contributed by atoms with E-state index in [0.717, 1.165) is 6.42 Å². The number of hydrogen-bond acceptors (Lipinski definition) is 1. The van der Waals surface area contributed by atoms with Gasteiger partial charge in [-0.2, -0.15) is 0 Å². The molecule has 1 unspecified atom stereocenters. The van der Waals surface area contributed by atoms with Crippen molar-refractivity contribution in [2.45, 2.75) is 12.5 Å². The summed E-state index contributed by atoms with van der Waals surface area (Å²) >= 11 is 0. The second kappa shape index (κ2) is 3.37. The Labute approximate surface area is 93.7 Å². The van der Waals surface area contributed by atoms with Crippen LogP contribution in [-0.4, -0.2) is 0 Å². The fourth-order valence-corrected chi connectivity index (χ4v) is 2.28. The first-order valence-corrected chi connectivity index (χ1v) is 4.62. The number of nitrogens with two attached hydrogens (primary N) is 1. The van der Waals surface area contributed by atoms with E-state index in [1.807, 2.05) is 0 Å². The van der Waals surface area contributed by atoms with Gasteiger partial charge in [-0.15, -0.1) is 17.0 Å². The van der Waals surface area contributed by atoms with E-state index in [1.165, 1.54) is 21.9 Å². The molecule has 0 aliphatic heterocycles. The average Bonchev–Trinajstić information content (AvgIpc) is 2.47. The van der Waals surface area contributed by atoms with Crippen molar-refractivity contribution in [3.8, 4) is 0 Å². The molecule has 0 heterocycles. The predicted octanol–water partition coefficient (Wildman–Crippen LogP) is 2.97. The van der Waals surface area contributed by atoms with E-state index in [1.54, 1.807) is 0 Å². The molecule has 0 saturated carbocycles. The highest BCUT2D eigenvalue weighted by molar-refractivity contribution is 8.93. The molecule has 2 heteroatoms. The van der Waals surface area contributed by atoms with Crippen molar-refractivity contribution >= 4 is 27.8 Å². The minimum atomic E-state index is 0. The highest BCUT2D eigenvalue weighted by Gasteiger charge is 2.19. The van der Waals surface area contributed by atoms with Crippen LogP contribution in [0.1, 0.15) is 17.2 Å². The Morgan fingerprint density at radius 3 is 2.57 bits per heavy atom. The zero-order valence-corrected chi connectivity index (χ0v) is 9.45. The second-order valence-electron chi connectivity index (χ2n) is 3.67. The molecule has 0 amide bonds. The number of hydrogen-bond donors (Lipinski definition) is 1. The van der Waals surface area contributed by atoms with Crippen LogP contribution in [0.25, 0.3) is 10.8 Å². The van der Waals surface area contributed by atoms with Crippen molar-refractivity contribution in [3.63, 3.8) is 0 Å². The average molecular weight is 250 g/mol. The van der Waals surface area contributed by atoms with Crippen molar-refractivity contribution in [1.29, 1.82) is 0 Å². The zero-order chi connectivity index (χ0) is 8.84. The Bertz CT molecular complexity index is 473. The third-order valence-electron chi connectivity index (χ3n) is 2.86. The van der Waals surface area contributed by atoms with Crippen LogP contribution in [0.3, 0.4) is 0 Å². The van der Waals surface area contributed by atoms with Crippen LogP contribution in [0, 0.1) is 0 Å². The number of rotatable bonds is 0. The standard InChI is InChI=1S/C12H11N.BrH/c13-11-7-9-5-1-3-8-4-2-6-10(11)12(8)9;/h1-6,11H,7,13H2;1H. The molecule has 2 aromatic rings. The van der Waals surface area contributed by atoms with Gasteiger partial charge in [0.1, 0.15) is 0 Å². The maximum atomic E-state index is 6.04. The summed E-state index contributed by atoms with van der Waals surface area (Å²) in [5.74, 6) is 0. The van der Waals surface area contributed by atoms with Crippen LogP contribution in [0.15, 0.2) is 36.4 Å². The van der Waals surface area contributed by atoms with Gasteiger partial charge in [0.05, 0.1) is 0 Å². The summed E-state index contributed by atoms with van der Waals surface area (Å²) in [6.07, 6.45) is 0.997. The van der Waals surface area contributed by atoms with Gasteiger partial charge in [0.2, 0.25) is 0 Å². The summed E-state index contributed by atoms with van der Waals surface area (Å²) in [7, 11) is 0. The quantitative estimate of drug-likeness (QED) is 0.764. The van der Waals surface area contributed by atoms with Crippen molar-refractivity contribution < 1.29 is 0 Å². The lowest BCUT2D eigenvalue weighted by atomic mass is 10.1. The summed E-state index contributed by atoms with van der Waals surface area (Å²) in [4.78, 5) is 0. The van der Waals surface area contributed by atoms with Crippen molar-refractivity contribution in [2.75, 3.05) is 0 Å². The van der Waals surface area contributed by atoms with Gasteiger partial charge in [-0.25, -0.2) is 0 Å².